The van der Waals surface area contributed by atoms with Crippen LogP contribution in [-0.4, -0.2) is 58.2 Å². The van der Waals surface area contributed by atoms with Gasteiger partial charge in [0.25, 0.3) is 0 Å². The molecule has 0 bridgehead atoms. The van der Waals surface area contributed by atoms with Crippen LogP contribution in [0.5, 0.6) is 0 Å². The van der Waals surface area contributed by atoms with Gasteiger partial charge in [-0.15, -0.1) is 10.2 Å². The molecule has 2 aromatic heterocycles. The average Bonchev–Trinajstić information content (AvgIpc) is 3.11. The van der Waals surface area contributed by atoms with Crippen LogP contribution in [0.2, 0.25) is 0 Å². The summed E-state index contributed by atoms with van der Waals surface area (Å²) in [5.74, 6) is 1.08. The molecule has 1 N–H and O–H groups in total. The lowest BCUT2D eigenvalue weighted by molar-refractivity contribution is -0.140. The summed E-state index contributed by atoms with van der Waals surface area (Å²) in [5.41, 5.74) is 0.856. The third kappa shape index (κ3) is 4.30. The normalized spacial score (nSPS) is 15.2. The minimum Gasteiger partial charge on any atom is -0.469 e. The summed E-state index contributed by atoms with van der Waals surface area (Å²) in [5, 5.41) is 11.5. The predicted molar refractivity (Wildman–Crippen MR) is 95.8 cm³/mol. The van der Waals surface area contributed by atoms with Crippen LogP contribution in [0.3, 0.4) is 0 Å². The zero-order valence-corrected chi connectivity index (χ0v) is 15.1. The van der Waals surface area contributed by atoms with Crippen LogP contribution < -0.4 is 5.32 Å². The zero-order valence-electron chi connectivity index (χ0n) is 15.1. The van der Waals surface area contributed by atoms with E-state index in [-0.39, 0.29) is 12.0 Å². The lowest BCUT2D eigenvalue weighted by atomic mass is 9.96. The Hall–Kier alpha value is -2.64. The number of esters is 1. The quantitative estimate of drug-likeness (QED) is 0.629. The minimum atomic E-state index is -0.209. The van der Waals surface area contributed by atoms with E-state index in [9.17, 15) is 9.59 Å². The molecule has 1 saturated heterocycles. The van der Waals surface area contributed by atoms with Crippen molar-refractivity contribution >= 4 is 17.6 Å². The highest BCUT2D eigenvalue weighted by Crippen LogP contribution is 2.27. The van der Waals surface area contributed by atoms with E-state index in [2.05, 4.69) is 20.3 Å². The van der Waals surface area contributed by atoms with Crippen molar-refractivity contribution in [3.63, 3.8) is 0 Å². The van der Waals surface area contributed by atoms with Gasteiger partial charge in [-0.05, 0) is 37.8 Å². The molecule has 0 saturated carbocycles. The van der Waals surface area contributed by atoms with Gasteiger partial charge in [0.1, 0.15) is 5.82 Å². The second-order valence-electron chi connectivity index (χ2n) is 6.51. The molecule has 8 nitrogen and oxygen atoms in total. The molecular formula is C18H25N5O3. The summed E-state index contributed by atoms with van der Waals surface area (Å²) in [6.07, 6.45) is 5.62. The SMILES string of the molecule is COC(=O)CCCCNC(=O)N1CCC(c2nnc3ccccn23)CC1. The van der Waals surface area contributed by atoms with Crippen LogP contribution in [0.4, 0.5) is 4.79 Å². The van der Waals surface area contributed by atoms with Crippen molar-refractivity contribution in [2.24, 2.45) is 0 Å². The second kappa shape index (κ2) is 8.64. The fourth-order valence-electron chi connectivity index (χ4n) is 3.28. The van der Waals surface area contributed by atoms with E-state index in [1.807, 2.05) is 33.7 Å². The van der Waals surface area contributed by atoms with Crippen molar-refractivity contribution in [2.75, 3.05) is 26.7 Å². The number of carbonyl (C=O) groups is 2. The predicted octanol–water partition coefficient (Wildman–Crippen LogP) is 1.96. The Balaban J connectivity index is 1.42. The number of urea groups is 1. The molecule has 140 valence electrons. The molecule has 8 heteroatoms. The number of methoxy groups -OCH3 is 1. The number of likely N-dealkylation sites (tertiary alicyclic amines) is 1. The van der Waals surface area contributed by atoms with Gasteiger partial charge in [0.05, 0.1) is 7.11 Å². The first kappa shape index (κ1) is 18.2. The molecule has 2 amide bonds. The van der Waals surface area contributed by atoms with Crippen molar-refractivity contribution in [3.8, 4) is 0 Å². The molecule has 3 heterocycles. The number of amides is 2. The van der Waals surface area contributed by atoms with Gasteiger partial charge in [0.15, 0.2) is 5.65 Å². The van der Waals surface area contributed by atoms with E-state index in [4.69, 9.17) is 0 Å². The van der Waals surface area contributed by atoms with Crippen molar-refractivity contribution in [3.05, 3.63) is 30.2 Å². The Kier molecular flexibility index (Phi) is 6.04. The number of carbonyl (C=O) groups excluding carboxylic acids is 2. The highest BCUT2D eigenvalue weighted by molar-refractivity contribution is 5.74. The number of hydrogen-bond donors (Lipinski definition) is 1. The van der Waals surface area contributed by atoms with E-state index < -0.39 is 0 Å². The number of ether oxygens (including phenoxy) is 1. The lowest BCUT2D eigenvalue weighted by Crippen LogP contribution is -2.44. The van der Waals surface area contributed by atoms with E-state index in [0.717, 1.165) is 37.2 Å². The first-order chi connectivity index (χ1) is 12.7. The first-order valence-corrected chi connectivity index (χ1v) is 9.08. The number of nitrogens with zero attached hydrogens (tertiary/aromatic N) is 4. The highest BCUT2D eigenvalue weighted by Gasteiger charge is 2.26. The summed E-state index contributed by atoms with van der Waals surface area (Å²) in [6, 6.07) is 5.83. The topological polar surface area (TPSA) is 88.8 Å². The van der Waals surface area contributed by atoms with Crippen LogP contribution in [-0.2, 0) is 9.53 Å². The van der Waals surface area contributed by atoms with Crippen LogP contribution in [0, 0.1) is 0 Å². The number of unbranched alkanes of at least 4 members (excludes halogenated alkanes) is 1. The summed E-state index contributed by atoms with van der Waals surface area (Å²) < 4.78 is 6.62. The number of nitrogens with one attached hydrogen (secondary N) is 1. The Morgan fingerprint density at radius 1 is 1.23 bits per heavy atom. The number of fused-ring (bicyclic) bond motifs is 1. The smallest absolute Gasteiger partial charge is 0.317 e. The standard InChI is InChI=1S/C18H25N5O3/c1-26-16(24)7-2-4-10-19-18(25)22-12-8-14(9-13-22)17-21-20-15-6-3-5-11-23(15)17/h3,5-6,11,14H,2,4,7-10,12-13H2,1H3,(H,19,25). The Morgan fingerprint density at radius 3 is 2.81 bits per heavy atom. The number of piperidine rings is 1. The van der Waals surface area contributed by atoms with E-state index >= 15 is 0 Å². The number of rotatable bonds is 6. The van der Waals surface area contributed by atoms with E-state index in [1.54, 1.807) is 0 Å². The largest absolute Gasteiger partial charge is 0.469 e. The minimum absolute atomic E-state index is 0.0346. The maximum atomic E-state index is 12.2. The zero-order chi connectivity index (χ0) is 18.4. The molecule has 26 heavy (non-hydrogen) atoms. The molecule has 0 unspecified atom stereocenters. The molecule has 1 aliphatic rings. The fraction of sp³-hybridized carbons (Fsp3) is 0.556. The average molecular weight is 359 g/mol. The summed E-state index contributed by atoms with van der Waals surface area (Å²) in [6.45, 7) is 1.99. The summed E-state index contributed by atoms with van der Waals surface area (Å²) >= 11 is 0. The third-order valence-corrected chi connectivity index (χ3v) is 4.80. The van der Waals surface area contributed by atoms with Crippen LogP contribution in [0.15, 0.2) is 24.4 Å². The van der Waals surface area contributed by atoms with Crippen molar-refractivity contribution in [1.29, 1.82) is 0 Å². The lowest BCUT2D eigenvalue weighted by Gasteiger charge is -2.31. The number of aromatic nitrogens is 3. The summed E-state index contributed by atoms with van der Waals surface area (Å²) in [4.78, 5) is 25.1. The van der Waals surface area contributed by atoms with Gasteiger partial charge in [0, 0.05) is 38.2 Å². The number of hydrogen-bond acceptors (Lipinski definition) is 5. The van der Waals surface area contributed by atoms with Gasteiger partial charge < -0.3 is 15.0 Å². The van der Waals surface area contributed by atoms with Crippen LogP contribution in [0.1, 0.15) is 43.8 Å². The monoisotopic (exact) mass is 359 g/mol. The maximum absolute atomic E-state index is 12.2. The summed E-state index contributed by atoms with van der Waals surface area (Å²) in [7, 11) is 1.38. The Labute approximate surface area is 152 Å². The Morgan fingerprint density at radius 2 is 2.04 bits per heavy atom. The van der Waals surface area contributed by atoms with Gasteiger partial charge in [-0.25, -0.2) is 4.79 Å². The molecule has 1 aliphatic heterocycles. The number of pyridine rings is 1. The van der Waals surface area contributed by atoms with Gasteiger partial charge in [0.2, 0.25) is 0 Å². The van der Waals surface area contributed by atoms with Gasteiger partial charge in [-0.1, -0.05) is 6.07 Å². The van der Waals surface area contributed by atoms with Crippen molar-refractivity contribution in [2.45, 2.75) is 38.0 Å². The van der Waals surface area contributed by atoms with Crippen LogP contribution in [0.25, 0.3) is 5.65 Å². The first-order valence-electron chi connectivity index (χ1n) is 9.08. The second-order valence-corrected chi connectivity index (χ2v) is 6.51. The maximum Gasteiger partial charge on any atom is 0.317 e. The van der Waals surface area contributed by atoms with Crippen molar-refractivity contribution in [1.82, 2.24) is 24.8 Å². The van der Waals surface area contributed by atoms with Crippen LogP contribution >= 0.6 is 0 Å². The molecule has 0 spiro atoms. The third-order valence-electron chi connectivity index (χ3n) is 4.80. The molecule has 0 radical (unpaired) electrons. The molecule has 0 atom stereocenters. The Bertz CT molecular complexity index is 752. The molecule has 0 aliphatic carbocycles. The van der Waals surface area contributed by atoms with Crippen molar-refractivity contribution < 1.29 is 14.3 Å². The molecule has 2 aromatic rings. The van der Waals surface area contributed by atoms with E-state index in [1.165, 1.54) is 7.11 Å². The molecule has 1 fully saturated rings. The fourth-order valence-corrected chi connectivity index (χ4v) is 3.28. The van der Waals surface area contributed by atoms with Gasteiger partial charge >= 0.3 is 12.0 Å². The van der Waals surface area contributed by atoms with E-state index in [0.29, 0.717) is 32.0 Å². The molecule has 3 rings (SSSR count). The molecule has 0 aromatic carbocycles. The molecular weight excluding hydrogens is 334 g/mol. The van der Waals surface area contributed by atoms with Gasteiger partial charge in [-0.2, -0.15) is 0 Å². The van der Waals surface area contributed by atoms with Gasteiger partial charge in [-0.3, -0.25) is 9.20 Å². The highest BCUT2D eigenvalue weighted by atomic mass is 16.5.